The average molecular weight is 275 g/mol. The molecule has 1 saturated heterocycles. The summed E-state index contributed by atoms with van der Waals surface area (Å²) in [6.07, 6.45) is 1.33. The zero-order chi connectivity index (χ0) is 14.7. The fraction of sp³-hybridized carbons (Fsp3) is 0.500. The van der Waals surface area contributed by atoms with Crippen molar-refractivity contribution in [2.75, 3.05) is 18.6 Å². The molecule has 1 heterocycles. The Morgan fingerprint density at radius 1 is 1.40 bits per heavy atom. The van der Waals surface area contributed by atoms with Gasteiger partial charge in [-0.3, -0.25) is 9.59 Å². The van der Waals surface area contributed by atoms with Crippen molar-refractivity contribution in [1.82, 2.24) is 0 Å². The van der Waals surface area contributed by atoms with E-state index in [4.69, 9.17) is 4.74 Å². The Balaban J connectivity index is 2.12. The monoisotopic (exact) mass is 275 g/mol. The number of esters is 1. The molecule has 1 aliphatic rings. The van der Waals surface area contributed by atoms with Gasteiger partial charge in [-0.05, 0) is 30.0 Å². The van der Waals surface area contributed by atoms with Crippen LogP contribution in [0.15, 0.2) is 24.3 Å². The lowest BCUT2D eigenvalue weighted by Crippen LogP contribution is -2.26. The normalized spacial score (nSPS) is 20.1. The first-order valence-corrected chi connectivity index (χ1v) is 7.05. The summed E-state index contributed by atoms with van der Waals surface area (Å²) in [5, 5.41) is 0. The van der Waals surface area contributed by atoms with Crippen LogP contribution in [-0.2, 0) is 14.3 Å². The zero-order valence-electron chi connectivity index (χ0n) is 12.3. The topological polar surface area (TPSA) is 46.6 Å². The number of carbonyl (C=O) groups excluding carboxylic acids is 2. The molecular weight excluding hydrogens is 254 g/mol. The van der Waals surface area contributed by atoms with E-state index in [1.807, 2.05) is 12.1 Å². The van der Waals surface area contributed by atoms with Gasteiger partial charge in [0, 0.05) is 18.7 Å². The Morgan fingerprint density at radius 3 is 2.60 bits per heavy atom. The summed E-state index contributed by atoms with van der Waals surface area (Å²) in [5.74, 6) is -0.156. The van der Waals surface area contributed by atoms with Gasteiger partial charge >= 0.3 is 5.97 Å². The molecule has 1 amide bonds. The van der Waals surface area contributed by atoms with Crippen molar-refractivity contribution in [1.29, 1.82) is 0 Å². The largest absolute Gasteiger partial charge is 0.469 e. The zero-order valence-corrected chi connectivity index (χ0v) is 12.3. The maximum absolute atomic E-state index is 12.0. The second-order valence-corrected chi connectivity index (χ2v) is 5.33. The van der Waals surface area contributed by atoms with Gasteiger partial charge in [0.05, 0.1) is 13.0 Å². The Kier molecular flexibility index (Phi) is 4.42. The number of benzene rings is 1. The van der Waals surface area contributed by atoms with Gasteiger partial charge in [0.15, 0.2) is 0 Å². The van der Waals surface area contributed by atoms with Crippen LogP contribution in [0.2, 0.25) is 0 Å². The number of carbonyl (C=O) groups is 2. The van der Waals surface area contributed by atoms with Crippen molar-refractivity contribution in [2.45, 2.75) is 32.6 Å². The molecule has 2 unspecified atom stereocenters. The highest BCUT2D eigenvalue weighted by Gasteiger charge is 2.35. The fourth-order valence-corrected chi connectivity index (χ4v) is 2.50. The van der Waals surface area contributed by atoms with E-state index in [1.54, 1.807) is 4.90 Å². The molecule has 0 aliphatic carbocycles. The van der Waals surface area contributed by atoms with Gasteiger partial charge in [0.25, 0.3) is 0 Å². The van der Waals surface area contributed by atoms with Crippen LogP contribution >= 0.6 is 0 Å². The summed E-state index contributed by atoms with van der Waals surface area (Å²) < 4.78 is 4.71. The van der Waals surface area contributed by atoms with Crippen molar-refractivity contribution in [3.63, 3.8) is 0 Å². The number of methoxy groups -OCH3 is 1. The lowest BCUT2D eigenvalue weighted by Gasteiger charge is -2.17. The number of ether oxygens (including phenoxy) is 1. The van der Waals surface area contributed by atoms with Crippen LogP contribution in [0.5, 0.6) is 0 Å². The molecule has 4 nitrogen and oxygen atoms in total. The summed E-state index contributed by atoms with van der Waals surface area (Å²) >= 11 is 0. The Hall–Kier alpha value is -1.84. The van der Waals surface area contributed by atoms with Crippen LogP contribution in [0, 0.1) is 5.92 Å². The molecule has 0 saturated carbocycles. The van der Waals surface area contributed by atoms with E-state index in [0.717, 1.165) is 12.1 Å². The number of hydrogen-bond donors (Lipinski definition) is 0. The van der Waals surface area contributed by atoms with Crippen molar-refractivity contribution in [3.8, 4) is 0 Å². The van der Waals surface area contributed by atoms with Crippen LogP contribution in [0.25, 0.3) is 0 Å². The molecular formula is C16H21NO3. The molecule has 0 N–H and O–H groups in total. The molecule has 0 bridgehead atoms. The van der Waals surface area contributed by atoms with Gasteiger partial charge in [-0.15, -0.1) is 0 Å². The molecule has 1 aromatic carbocycles. The molecule has 20 heavy (non-hydrogen) atoms. The summed E-state index contributed by atoms with van der Waals surface area (Å²) in [6.45, 7) is 4.75. The molecule has 1 fully saturated rings. The van der Waals surface area contributed by atoms with Crippen LogP contribution in [0.4, 0.5) is 5.69 Å². The molecule has 1 aromatic rings. The molecule has 0 aromatic heterocycles. The minimum Gasteiger partial charge on any atom is -0.469 e. The van der Waals surface area contributed by atoms with E-state index < -0.39 is 0 Å². The highest BCUT2D eigenvalue weighted by Crippen LogP contribution is 2.28. The van der Waals surface area contributed by atoms with Crippen LogP contribution < -0.4 is 4.90 Å². The molecule has 4 heteroatoms. The lowest BCUT2D eigenvalue weighted by molar-refractivity contribution is -0.145. The molecule has 2 atom stereocenters. The summed E-state index contributed by atoms with van der Waals surface area (Å²) in [6, 6.07) is 8.03. The Bertz CT molecular complexity index is 495. The van der Waals surface area contributed by atoms with E-state index in [-0.39, 0.29) is 24.2 Å². The lowest BCUT2D eigenvalue weighted by atomic mass is 9.98. The minimum absolute atomic E-state index is 0.0170. The third kappa shape index (κ3) is 2.84. The van der Waals surface area contributed by atoms with Crippen molar-refractivity contribution < 1.29 is 14.3 Å². The molecule has 108 valence electrons. The molecule has 0 radical (unpaired) electrons. The van der Waals surface area contributed by atoms with Gasteiger partial charge in [-0.25, -0.2) is 0 Å². The minimum atomic E-state index is -0.346. The van der Waals surface area contributed by atoms with Gasteiger partial charge in [-0.1, -0.05) is 26.0 Å². The Morgan fingerprint density at radius 2 is 2.05 bits per heavy atom. The molecule has 2 rings (SSSR count). The number of rotatable bonds is 4. The van der Waals surface area contributed by atoms with Gasteiger partial charge < -0.3 is 9.64 Å². The van der Waals surface area contributed by atoms with Crippen LogP contribution in [0.1, 0.15) is 38.2 Å². The van der Waals surface area contributed by atoms with E-state index in [0.29, 0.717) is 12.5 Å². The standard InChI is InChI=1S/C16H21NO3/c1-4-11(2)12-5-7-14(8-6-12)17-10-13(9-15(17)18)16(19)20-3/h5-8,11,13H,4,9-10H2,1-3H3. The van der Waals surface area contributed by atoms with E-state index in [9.17, 15) is 9.59 Å². The number of anilines is 1. The number of amides is 1. The quantitative estimate of drug-likeness (QED) is 0.794. The number of hydrogen-bond acceptors (Lipinski definition) is 3. The Labute approximate surface area is 119 Å². The highest BCUT2D eigenvalue weighted by atomic mass is 16.5. The van der Waals surface area contributed by atoms with Crippen LogP contribution in [-0.4, -0.2) is 25.5 Å². The van der Waals surface area contributed by atoms with Gasteiger partial charge in [-0.2, -0.15) is 0 Å². The molecule has 0 spiro atoms. The third-order valence-electron chi connectivity index (χ3n) is 4.05. The predicted octanol–water partition coefficient (Wildman–Crippen LogP) is 2.73. The van der Waals surface area contributed by atoms with Crippen molar-refractivity contribution in [2.24, 2.45) is 5.92 Å². The summed E-state index contributed by atoms with van der Waals surface area (Å²) in [7, 11) is 1.36. The second-order valence-electron chi connectivity index (χ2n) is 5.33. The summed E-state index contributed by atoms with van der Waals surface area (Å²) in [4.78, 5) is 25.2. The predicted molar refractivity (Wildman–Crippen MR) is 77.6 cm³/mol. The van der Waals surface area contributed by atoms with Crippen molar-refractivity contribution in [3.05, 3.63) is 29.8 Å². The average Bonchev–Trinajstić information content (AvgIpc) is 2.87. The smallest absolute Gasteiger partial charge is 0.311 e. The first-order chi connectivity index (χ1) is 9.56. The maximum atomic E-state index is 12.0. The third-order valence-corrected chi connectivity index (χ3v) is 4.05. The van der Waals surface area contributed by atoms with E-state index in [1.165, 1.54) is 12.7 Å². The van der Waals surface area contributed by atoms with E-state index in [2.05, 4.69) is 26.0 Å². The highest BCUT2D eigenvalue weighted by molar-refractivity contribution is 5.99. The van der Waals surface area contributed by atoms with Crippen molar-refractivity contribution >= 4 is 17.6 Å². The summed E-state index contributed by atoms with van der Waals surface area (Å²) in [5.41, 5.74) is 2.13. The number of nitrogens with zero attached hydrogens (tertiary/aromatic N) is 1. The van der Waals surface area contributed by atoms with E-state index >= 15 is 0 Å². The SMILES string of the molecule is CCC(C)c1ccc(N2CC(C(=O)OC)CC2=O)cc1. The fourth-order valence-electron chi connectivity index (χ4n) is 2.50. The second kappa shape index (κ2) is 6.07. The van der Waals surface area contributed by atoms with Gasteiger partial charge in [0.2, 0.25) is 5.91 Å². The molecule has 1 aliphatic heterocycles. The maximum Gasteiger partial charge on any atom is 0.311 e. The van der Waals surface area contributed by atoms with Crippen LogP contribution in [0.3, 0.4) is 0 Å². The van der Waals surface area contributed by atoms with Gasteiger partial charge in [0.1, 0.15) is 0 Å². The first kappa shape index (κ1) is 14.6. The first-order valence-electron chi connectivity index (χ1n) is 7.05.